The number of thiophene rings is 1. The van der Waals surface area contributed by atoms with Crippen LogP contribution in [0.4, 0.5) is 0 Å². The SMILES string of the molecule is O=C(c1cc2ccccc2s1)N(Cc1ccccn1)C[C@@H]1CC=CCC1. The second-order valence-electron chi connectivity index (χ2n) is 6.81. The number of rotatable bonds is 5. The van der Waals surface area contributed by atoms with Gasteiger partial charge >= 0.3 is 0 Å². The Labute approximate surface area is 158 Å². The van der Waals surface area contributed by atoms with E-state index < -0.39 is 0 Å². The van der Waals surface area contributed by atoms with Crippen molar-refractivity contribution in [1.82, 2.24) is 9.88 Å². The molecular formula is C22H22N2OS. The third-order valence-electron chi connectivity index (χ3n) is 4.86. The number of benzene rings is 1. The first-order valence-electron chi connectivity index (χ1n) is 9.12. The van der Waals surface area contributed by atoms with Gasteiger partial charge in [0.05, 0.1) is 17.1 Å². The van der Waals surface area contributed by atoms with Crippen LogP contribution in [0.25, 0.3) is 10.1 Å². The predicted octanol–water partition coefficient (Wildman–Crippen LogP) is 5.30. The van der Waals surface area contributed by atoms with Gasteiger partial charge in [0.25, 0.3) is 5.91 Å². The lowest BCUT2D eigenvalue weighted by Gasteiger charge is -2.28. The van der Waals surface area contributed by atoms with Gasteiger partial charge in [-0.25, -0.2) is 0 Å². The van der Waals surface area contributed by atoms with Crippen molar-refractivity contribution in [2.45, 2.75) is 25.8 Å². The minimum atomic E-state index is 0.117. The van der Waals surface area contributed by atoms with E-state index in [4.69, 9.17) is 0 Å². The molecule has 0 saturated carbocycles. The van der Waals surface area contributed by atoms with Gasteiger partial charge in [0.1, 0.15) is 0 Å². The first kappa shape index (κ1) is 17.0. The van der Waals surface area contributed by atoms with E-state index in [1.54, 1.807) is 17.5 Å². The first-order chi connectivity index (χ1) is 12.8. The van der Waals surface area contributed by atoms with Gasteiger partial charge in [0.2, 0.25) is 0 Å². The summed E-state index contributed by atoms with van der Waals surface area (Å²) >= 11 is 1.58. The van der Waals surface area contributed by atoms with Crippen LogP contribution in [0.2, 0.25) is 0 Å². The van der Waals surface area contributed by atoms with Crippen molar-refractivity contribution in [2.75, 3.05) is 6.54 Å². The average molecular weight is 362 g/mol. The Balaban J connectivity index is 1.59. The minimum Gasteiger partial charge on any atom is -0.332 e. The number of hydrogen-bond acceptors (Lipinski definition) is 3. The fourth-order valence-corrected chi connectivity index (χ4v) is 4.51. The molecule has 0 unspecified atom stereocenters. The molecule has 0 aliphatic heterocycles. The number of pyridine rings is 1. The third kappa shape index (κ3) is 3.86. The molecule has 132 valence electrons. The van der Waals surface area contributed by atoms with Crippen LogP contribution in [-0.4, -0.2) is 22.3 Å². The Hall–Kier alpha value is -2.46. The number of carbonyl (C=O) groups excluding carboxylic acids is 1. The van der Waals surface area contributed by atoms with Crippen molar-refractivity contribution >= 4 is 27.3 Å². The van der Waals surface area contributed by atoms with Crippen LogP contribution in [0.3, 0.4) is 0 Å². The number of allylic oxidation sites excluding steroid dienone is 2. The Morgan fingerprint density at radius 3 is 2.81 bits per heavy atom. The maximum atomic E-state index is 13.3. The molecule has 4 heteroatoms. The van der Waals surface area contributed by atoms with E-state index in [1.165, 1.54) is 0 Å². The molecule has 26 heavy (non-hydrogen) atoms. The second-order valence-corrected chi connectivity index (χ2v) is 7.89. The Kier molecular flexibility index (Phi) is 5.12. The van der Waals surface area contributed by atoms with Gasteiger partial charge in [-0.2, -0.15) is 0 Å². The van der Waals surface area contributed by atoms with Gasteiger partial charge < -0.3 is 4.90 Å². The van der Waals surface area contributed by atoms with Crippen LogP contribution in [0, 0.1) is 5.92 Å². The van der Waals surface area contributed by atoms with E-state index in [1.807, 2.05) is 41.3 Å². The number of amides is 1. The average Bonchev–Trinajstić information content (AvgIpc) is 3.13. The number of aromatic nitrogens is 1. The van der Waals surface area contributed by atoms with Gasteiger partial charge in [-0.3, -0.25) is 9.78 Å². The molecule has 3 nitrogen and oxygen atoms in total. The van der Waals surface area contributed by atoms with Crippen molar-refractivity contribution in [3.8, 4) is 0 Å². The van der Waals surface area contributed by atoms with Crippen molar-refractivity contribution in [2.24, 2.45) is 5.92 Å². The lowest BCUT2D eigenvalue weighted by atomic mass is 9.94. The Bertz CT molecular complexity index is 883. The molecule has 2 aromatic heterocycles. The molecule has 1 aliphatic carbocycles. The quantitative estimate of drug-likeness (QED) is 0.577. The van der Waals surface area contributed by atoms with Crippen LogP contribution in [0.15, 0.2) is 66.9 Å². The van der Waals surface area contributed by atoms with Gasteiger partial charge in [0, 0.05) is 17.4 Å². The number of fused-ring (bicyclic) bond motifs is 1. The normalized spacial score (nSPS) is 16.7. The summed E-state index contributed by atoms with van der Waals surface area (Å²) in [7, 11) is 0. The highest BCUT2D eigenvalue weighted by Crippen LogP contribution is 2.28. The molecule has 0 fully saturated rings. The minimum absolute atomic E-state index is 0.117. The van der Waals surface area contributed by atoms with E-state index in [0.717, 1.165) is 46.5 Å². The van der Waals surface area contributed by atoms with E-state index in [9.17, 15) is 4.79 Å². The summed E-state index contributed by atoms with van der Waals surface area (Å²) in [6.07, 6.45) is 9.59. The third-order valence-corrected chi connectivity index (χ3v) is 5.96. The Morgan fingerprint density at radius 2 is 2.04 bits per heavy atom. The molecule has 2 heterocycles. The maximum Gasteiger partial charge on any atom is 0.264 e. The van der Waals surface area contributed by atoms with E-state index in [2.05, 4.69) is 29.3 Å². The van der Waals surface area contributed by atoms with Crippen molar-refractivity contribution < 1.29 is 4.79 Å². The number of nitrogens with zero attached hydrogens (tertiary/aromatic N) is 2. The molecule has 0 radical (unpaired) electrons. The Morgan fingerprint density at radius 1 is 1.15 bits per heavy atom. The van der Waals surface area contributed by atoms with Crippen LogP contribution in [0.1, 0.15) is 34.6 Å². The lowest BCUT2D eigenvalue weighted by Crippen LogP contribution is -2.35. The maximum absolute atomic E-state index is 13.3. The molecule has 1 aromatic carbocycles. The van der Waals surface area contributed by atoms with Gasteiger partial charge in [-0.1, -0.05) is 36.4 Å². The fraction of sp³-hybridized carbons (Fsp3) is 0.273. The largest absolute Gasteiger partial charge is 0.332 e. The topological polar surface area (TPSA) is 33.2 Å². The molecule has 4 rings (SSSR count). The highest BCUT2D eigenvalue weighted by atomic mass is 32.1. The predicted molar refractivity (Wildman–Crippen MR) is 107 cm³/mol. The summed E-state index contributed by atoms with van der Waals surface area (Å²) in [5.74, 6) is 0.647. The summed E-state index contributed by atoms with van der Waals surface area (Å²) < 4.78 is 1.16. The summed E-state index contributed by atoms with van der Waals surface area (Å²) in [4.78, 5) is 20.5. The van der Waals surface area contributed by atoms with E-state index in [-0.39, 0.29) is 5.91 Å². The smallest absolute Gasteiger partial charge is 0.264 e. The van der Waals surface area contributed by atoms with Crippen LogP contribution in [0.5, 0.6) is 0 Å². The van der Waals surface area contributed by atoms with Gasteiger partial charge in [0.15, 0.2) is 0 Å². The molecule has 1 aliphatic rings. The van der Waals surface area contributed by atoms with Crippen molar-refractivity contribution in [1.29, 1.82) is 0 Å². The molecule has 0 saturated heterocycles. The van der Waals surface area contributed by atoms with Crippen molar-refractivity contribution in [3.63, 3.8) is 0 Å². The monoisotopic (exact) mass is 362 g/mol. The lowest BCUT2D eigenvalue weighted by molar-refractivity contribution is 0.0713. The van der Waals surface area contributed by atoms with Crippen LogP contribution < -0.4 is 0 Å². The molecule has 1 amide bonds. The fourth-order valence-electron chi connectivity index (χ4n) is 3.48. The summed E-state index contributed by atoms with van der Waals surface area (Å²) in [6.45, 7) is 1.35. The summed E-state index contributed by atoms with van der Waals surface area (Å²) in [5.41, 5.74) is 0.938. The molecular weight excluding hydrogens is 340 g/mol. The van der Waals surface area contributed by atoms with Gasteiger partial charge in [-0.05, 0) is 54.8 Å². The second kappa shape index (κ2) is 7.83. The molecule has 0 N–H and O–H groups in total. The molecule has 3 aromatic rings. The van der Waals surface area contributed by atoms with Crippen LogP contribution in [-0.2, 0) is 6.54 Å². The van der Waals surface area contributed by atoms with Gasteiger partial charge in [-0.15, -0.1) is 11.3 Å². The zero-order valence-electron chi connectivity index (χ0n) is 14.7. The standard InChI is InChI=1S/C22H22N2OS/c25-22(21-14-18-10-4-5-12-20(18)26-21)24(15-17-8-2-1-3-9-17)16-19-11-6-7-13-23-19/h1-2,4-7,10-14,17H,3,8-9,15-16H2/t17-/m1/s1. The van der Waals surface area contributed by atoms with Crippen LogP contribution >= 0.6 is 11.3 Å². The zero-order chi connectivity index (χ0) is 17.8. The highest BCUT2D eigenvalue weighted by molar-refractivity contribution is 7.20. The highest BCUT2D eigenvalue weighted by Gasteiger charge is 2.23. The molecule has 1 atom stereocenters. The van der Waals surface area contributed by atoms with E-state index >= 15 is 0 Å². The first-order valence-corrected chi connectivity index (χ1v) is 9.94. The number of carbonyl (C=O) groups is 1. The van der Waals surface area contributed by atoms with Crippen molar-refractivity contribution in [3.05, 3.63) is 77.5 Å². The van der Waals surface area contributed by atoms with E-state index in [0.29, 0.717) is 12.5 Å². The zero-order valence-corrected chi connectivity index (χ0v) is 15.5. The summed E-state index contributed by atoms with van der Waals surface area (Å²) in [5, 5.41) is 1.14. The molecule has 0 spiro atoms. The summed E-state index contributed by atoms with van der Waals surface area (Å²) in [6, 6.07) is 16.1. The molecule has 0 bridgehead atoms. The number of hydrogen-bond donors (Lipinski definition) is 0.